The maximum absolute atomic E-state index is 11.7. The van der Waals surface area contributed by atoms with E-state index in [0.717, 1.165) is 24.9 Å². The number of hydrogen-bond donors (Lipinski definition) is 1. The van der Waals surface area contributed by atoms with Crippen LogP contribution in [-0.4, -0.2) is 37.5 Å². The van der Waals surface area contributed by atoms with Gasteiger partial charge in [-0.2, -0.15) is 0 Å². The third kappa shape index (κ3) is 4.20. The van der Waals surface area contributed by atoms with Gasteiger partial charge < -0.3 is 10.2 Å². The van der Waals surface area contributed by atoms with Gasteiger partial charge in [0.05, 0.1) is 6.54 Å². The summed E-state index contributed by atoms with van der Waals surface area (Å²) in [5.74, 6) is 1.72. The van der Waals surface area contributed by atoms with Gasteiger partial charge in [-0.25, -0.2) is 0 Å². The van der Waals surface area contributed by atoms with Gasteiger partial charge in [0.1, 0.15) is 0 Å². The topological polar surface area (TPSA) is 32.3 Å². The molecule has 1 atom stereocenters. The van der Waals surface area contributed by atoms with E-state index in [1.807, 2.05) is 11.9 Å². The van der Waals surface area contributed by atoms with Crippen LogP contribution in [0.4, 0.5) is 0 Å². The average Bonchev–Trinajstić information content (AvgIpc) is 2.17. The summed E-state index contributed by atoms with van der Waals surface area (Å²) in [6.45, 7) is 6.92. The monoisotopic (exact) mass is 212 g/mol. The Bertz CT molecular complexity index is 204. The molecule has 0 bridgehead atoms. The molecule has 1 unspecified atom stereocenters. The third-order valence-electron chi connectivity index (χ3n) is 3.00. The molecular formula is C12H24N2O. The number of likely N-dealkylation sites (N-methyl/N-ethyl adjacent to an activating group) is 1. The summed E-state index contributed by atoms with van der Waals surface area (Å²) in [6, 6.07) is 0. The molecule has 1 saturated heterocycles. The van der Waals surface area contributed by atoms with Crippen LogP contribution in [0.5, 0.6) is 0 Å². The molecule has 1 aliphatic rings. The number of amides is 1. The Hall–Kier alpha value is -0.570. The van der Waals surface area contributed by atoms with Gasteiger partial charge >= 0.3 is 0 Å². The van der Waals surface area contributed by atoms with Gasteiger partial charge in [0.15, 0.2) is 0 Å². The molecule has 1 amide bonds. The highest BCUT2D eigenvalue weighted by molar-refractivity contribution is 5.78. The summed E-state index contributed by atoms with van der Waals surface area (Å²) in [7, 11) is 1.83. The second-order valence-corrected chi connectivity index (χ2v) is 5.01. The molecule has 0 radical (unpaired) electrons. The lowest BCUT2D eigenvalue weighted by Gasteiger charge is -2.33. The molecule has 3 nitrogen and oxygen atoms in total. The smallest absolute Gasteiger partial charge is 0.236 e. The fraction of sp³-hybridized carbons (Fsp3) is 0.917. The molecule has 1 aliphatic heterocycles. The van der Waals surface area contributed by atoms with Crippen LogP contribution < -0.4 is 5.32 Å². The minimum absolute atomic E-state index is 0.256. The summed E-state index contributed by atoms with van der Waals surface area (Å²) in [6.07, 6.45) is 3.72. The minimum atomic E-state index is 0.256. The van der Waals surface area contributed by atoms with E-state index in [0.29, 0.717) is 6.54 Å². The second kappa shape index (κ2) is 6.11. The Morgan fingerprint density at radius 1 is 1.53 bits per heavy atom. The predicted octanol–water partition coefficient (Wildman–Crippen LogP) is 1.49. The van der Waals surface area contributed by atoms with Gasteiger partial charge in [-0.1, -0.05) is 13.8 Å². The molecule has 0 aliphatic carbocycles. The first-order chi connectivity index (χ1) is 7.13. The third-order valence-corrected chi connectivity index (χ3v) is 3.00. The van der Waals surface area contributed by atoms with Gasteiger partial charge in [0.25, 0.3) is 0 Å². The van der Waals surface area contributed by atoms with Crippen LogP contribution in [0, 0.1) is 11.8 Å². The van der Waals surface area contributed by atoms with Crippen LogP contribution in [0.3, 0.4) is 0 Å². The van der Waals surface area contributed by atoms with Crippen LogP contribution in [0.25, 0.3) is 0 Å². The molecule has 15 heavy (non-hydrogen) atoms. The van der Waals surface area contributed by atoms with Crippen LogP contribution in [0.2, 0.25) is 0 Å². The van der Waals surface area contributed by atoms with Gasteiger partial charge in [-0.3, -0.25) is 4.79 Å². The molecule has 0 spiro atoms. The Balaban J connectivity index is 2.38. The van der Waals surface area contributed by atoms with E-state index in [-0.39, 0.29) is 5.91 Å². The van der Waals surface area contributed by atoms with E-state index in [9.17, 15) is 4.79 Å². The van der Waals surface area contributed by atoms with Crippen molar-refractivity contribution >= 4 is 5.91 Å². The quantitative estimate of drug-likeness (QED) is 0.766. The second-order valence-electron chi connectivity index (χ2n) is 5.01. The predicted molar refractivity (Wildman–Crippen MR) is 62.7 cm³/mol. The molecule has 3 heteroatoms. The zero-order chi connectivity index (χ0) is 11.3. The molecule has 0 saturated carbocycles. The molecule has 0 aromatic rings. The van der Waals surface area contributed by atoms with Crippen molar-refractivity contribution in [1.82, 2.24) is 10.2 Å². The Kier molecular flexibility index (Phi) is 5.09. The zero-order valence-corrected chi connectivity index (χ0v) is 10.3. The summed E-state index contributed by atoms with van der Waals surface area (Å²) in [5.41, 5.74) is 0. The van der Waals surface area contributed by atoms with Crippen molar-refractivity contribution < 1.29 is 4.79 Å². The number of likely N-dealkylation sites (tertiary alicyclic amines) is 1. The van der Waals surface area contributed by atoms with Gasteiger partial charge in [-0.15, -0.1) is 0 Å². The first kappa shape index (κ1) is 12.5. The van der Waals surface area contributed by atoms with E-state index in [4.69, 9.17) is 0 Å². The van der Waals surface area contributed by atoms with Crippen LogP contribution in [-0.2, 0) is 4.79 Å². The van der Waals surface area contributed by atoms with Crippen molar-refractivity contribution in [2.24, 2.45) is 11.8 Å². The van der Waals surface area contributed by atoms with Crippen molar-refractivity contribution in [3.8, 4) is 0 Å². The number of piperidine rings is 1. The van der Waals surface area contributed by atoms with Crippen molar-refractivity contribution in [2.45, 2.75) is 33.1 Å². The summed E-state index contributed by atoms with van der Waals surface area (Å²) >= 11 is 0. The standard InChI is InChI=1S/C12H24N2O/c1-10(2)7-11-5-4-6-14(9-11)12(15)8-13-3/h10-11,13H,4-9H2,1-3H3. The molecule has 1 fully saturated rings. The normalized spacial score (nSPS) is 22.1. The minimum Gasteiger partial charge on any atom is -0.341 e. The van der Waals surface area contributed by atoms with Crippen molar-refractivity contribution in [3.05, 3.63) is 0 Å². The summed E-state index contributed by atoms with van der Waals surface area (Å²) in [5, 5.41) is 2.93. The molecule has 0 aromatic heterocycles. The van der Waals surface area contributed by atoms with Crippen LogP contribution in [0.15, 0.2) is 0 Å². The Morgan fingerprint density at radius 3 is 2.87 bits per heavy atom. The molecule has 1 heterocycles. The number of carbonyl (C=O) groups excluding carboxylic acids is 1. The molecular weight excluding hydrogens is 188 g/mol. The lowest BCUT2D eigenvalue weighted by Crippen LogP contribution is -2.43. The first-order valence-corrected chi connectivity index (χ1v) is 6.05. The maximum atomic E-state index is 11.7. The number of nitrogens with one attached hydrogen (secondary N) is 1. The Labute approximate surface area is 93.2 Å². The number of nitrogens with zero attached hydrogens (tertiary/aromatic N) is 1. The SMILES string of the molecule is CNCC(=O)N1CCCC(CC(C)C)C1. The first-order valence-electron chi connectivity index (χ1n) is 6.05. The largest absolute Gasteiger partial charge is 0.341 e. The maximum Gasteiger partial charge on any atom is 0.236 e. The van der Waals surface area contributed by atoms with Crippen LogP contribution in [0.1, 0.15) is 33.1 Å². The molecule has 1 N–H and O–H groups in total. The highest BCUT2D eigenvalue weighted by Gasteiger charge is 2.23. The molecule has 0 aromatic carbocycles. The van der Waals surface area contributed by atoms with E-state index >= 15 is 0 Å². The highest BCUT2D eigenvalue weighted by Crippen LogP contribution is 2.22. The van der Waals surface area contributed by atoms with Gasteiger partial charge in [0.2, 0.25) is 5.91 Å². The van der Waals surface area contributed by atoms with E-state index in [1.165, 1.54) is 19.3 Å². The van der Waals surface area contributed by atoms with Crippen LogP contribution >= 0.6 is 0 Å². The summed E-state index contributed by atoms with van der Waals surface area (Å²) in [4.78, 5) is 13.7. The lowest BCUT2D eigenvalue weighted by molar-refractivity contribution is -0.132. The number of hydrogen-bond acceptors (Lipinski definition) is 2. The number of rotatable bonds is 4. The van der Waals surface area contributed by atoms with Crippen molar-refractivity contribution in [3.63, 3.8) is 0 Å². The molecule has 88 valence electrons. The lowest BCUT2D eigenvalue weighted by atomic mass is 9.90. The molecule has 1 rings (SSSR count). The van der Waals surface area contributed by atoms with E-state index in [1.54, 1.807) is 0 Å². The van der Waals surface area contributed by atoms with Gasteiger partial charge in [0, 0.05) is 13.1 Å². The average molecular weight is 212 g/mol. The van der Waals surface area contributed by atoms with Gasteiger partial charge in [-0.05, 0) is 38.1 Å². The summed E-state index contributed by atoms with van der Waals surface area (Å²) < 4.78 is 0. The Morgan fingerprint density at radius 2 is 2.27 bits per heavy atom. The van der Waals surface area contributed by atoms with E-state index in [2.05, 4.69) is 19.2 Å². The van der Waals surface area contributed by atoms with E-state index < -0.39 is 0 Å². The zero-order valence-electron chi connectivity index (χ0n) is 10.3. The fourth-order valence-electron chi connectivity index (χ4n) is 2.41. The van der Waals surface area contributed by atoms with Crippen molar-refractivity contribution in [2.75, 3.05) is 26.7 Å². The number of carbonyl (C=O) groups is 1. The van der Waals surface area contributed by atoms with Crippen molar-refractivity contribution in [1.29, 1.82) is 0 Å². The fourth-order valence-corrected chi connectivity index (χ4v) is 2.41. The highest BCUT2D eigenvalue weighted by atomic mass is 16.2.